The molecule has 0 nitrogen and oxygen atoms in total. The van der Waals surface area contributed by atoms with Crippen LogP contribution in [0.25, 0.3) is 0 Å². The second-order valence-electron chi connectivity index (χ2n) is 10.7. The predicted molar refractivity (Wildman–Crippen MR) is 148 cm³/mol. The van der Waals surface area contributed by atoms with Gasteiger partial charge in [0.25, 0.3) is 0 Å². The quantitative estimate of drug-likeness (QED) is 0.233. The van der Waals surface area contributed by atoms with E-state index < -0.39 is 11.6 Å². The Bertz CT molecular complexity index is 935. The van der Waals surface area contributed by atoms with E-state index in [9.17, 15) is 8.78 Å². The molecule has 1 saturated heterocycles. The highest BCUT2D eigenvalue weighted by Crippen LogP contribution is 2.43. The summed E-state index contributed by atoms with van der Waals surface area (Å²) in [6, 6.07) is 13.1. The van der Waals surface area contributed by atoms with E-state index in [1.165, 1.54) is 36.1 Å². The normalized spacial score (nSPS) is 24.9. The molecule has 0 amide bonds. The average Bonchev–Trinajstić information content (AvgIpc) is 2.91. The van der Waals surface area contributed by atoms with Gasteiger partial charge in [-0.25, -0.2) is 8.78 Å². The van der Waals surface area contributed by atoms with Crippen LogP contribution in [0, 0.1) is 11.6 Å². The molecule has 1 unspecified atom stereocenters. The lowest BCUT2D eigenvalue weighted by Gasteiger charge is -2.30. The lowest BCUT2D eigenvalue weighted by atomic mass is 9.75. The molecule has 0 aromatic heterocycles. The van der Waals surface area contributed by atoms with Crippen molar-refractivity contribution < 1.29 is 8.78 Å². The summed E-state index contributed by atoms with van der Waals surface area (Å²) in [5.41, 5.74) is 4.03. The summed E-state index contributed by atoms with van der Waals surface area (Å²) in [6.07, 6.45) is 14.7. The van der Waals surface area contributed by atoms with Gasteiger partial charge in [0.1, 0.15) is 0 Å². The molecule has 0 spiro atoms. The van der Waals surface area contributed by atoms with Gasteiger partial charge < -0.3 is 0 Å². The van der Waals surface area contributed by atoms with E-state index in [0.717, 1.165) is 56.6 Å². The van der Waals surface area contributed by atoms with Crippen molar-refractivity contribution in [3.05, 3.63) is 82.9 Å². The van der Waals surface area contributed by atoms with E-state index in [2.05, 4.69) is 49.5 Å². The smallest absolute Gasteiger partial charge is 0.162 e. The number of aryl methyl sites for hydroxylation is 1. The van der Waals surface area contributed by atoms with Crippen molar-refractivity contribution >= 4 is 11.8 Å². The van der Waals surface area contributed by atoms with Crippen LogP contribution in [0.5, 0.6) is 0 Å². The third kappa shape index (κ3) is 6.79. The highest BCUT2D eigenvalue weighted by molar-refractivity contribution is 8.00. The molecule has 4 rings (SSSR count). The first-order valence-corrected chi connectivity index (χ1v) is 14.9. The Morgan fingerprint density at radius 3 is 2.11 bits per heavy atom. The third-order valence-corrected chi connectivity index (χ3v) is 9.89. The van der Waals surface area contributed by atoms with Crippen molar-refractivity contribution in [3.63, 3.8) is 0 Å². The van der Waals surface area contributed by atoms with Crippen LogP contribution in [0.4, 0.5) is 8.78 Å². The van der Waals surface area contributed by atoms with Gasteiger partial charge in [0.05, 0.1) is 0 Å². The van der Waals surface area contributed by atoms with Crippen molar-refractivity contribution in [3.8, 4) is 0 Å². The van der Waals surface area contributed by atoms with Crippen molar-refractivity contribution in [1.82, 2.24) is 0 Å². The van der Waals surface area contributed by atoms with Crippen LogP contribution in [-0.2, 0) is 6.42 Å². The molecule has 190 valence electrons. The fourth-order valence-corrected chi connectivity index (χ4v) is 7.53. The number of hydrogen-bond donors (Lipinski definition) is 0. The minimum atomic E-state index is -0.607. The average molecular weight is 497 g/mol. The molecule has 2 aromatic carbocycles. The van der Waals surface area contributed by atoms with Crippen LogP contribution in [0.2, 0.25) is 0 Å². The zero-order chi connectivity index (χ0) is 24.6. The summed E-state index contributed by atoms with van der Waals surface area (Å²) in [4.78, 5) is 0. The molecule has 0 N–H and O–H groups in total. The maximum Gasteiger partial charge on any atom is 0.162 e. The van der Waals surface area contributed by atoms with Crippen LogP contribution in [-0.4, -0.2) is 11.0 Å². The zero-order valence-corrected chi connectivity index (χ0v) is 22.2. The fraction of sp³-hybridized carbons (Fsp3) is 0.562. The minimum Gasteiger partial charge on any atom is -0.203 e. The second kappa shape index (κ2) is 13.1. The van der Waals surface area contributed by atoms with Gasteiger partial charge in [0, 0.05) is 11.0 Å². The monoisotopic (exact) mass is 496 g/mol. The summed E-state index contributed by atoms with van der Waals surface area (Å²) < 4.78 is 29.6. The minimum absolute atomic E-state index is 0.137. The molecule has 1 aliphatic carbocycles. The Labute approximate surface area is 216 Å². The van der Waals surface area contributed by atoms with Crippen LogP contribution >= 0.6 is 11.8 Å². The first kappa shape index (κ1) is 26.5. The number of halogens is 2. The Morgan fingerprint density at radius 2 is 1.49 bits per heavy atom. The summed E-state index contributed by atoms with van der Waals surface area (Å²) in [7, 11) is 0. The number of unbranched alkanes of at least 4 members (excludes halogenated alkanes) is 2. The van der Waals surface area contributed by atoms with E-state index >= 15 is 0 Å². The molecule has 2 aromatic rings. The molecule has 2 fully saturated rings. The van der Waals surface area contributed by atoms with Crippen molar-refractivity contribution in [2.24, 2.45) is 0 Å². The number of hydrogen-bond acceptors (Lipinski definition) is 1. The van der Waals surface area contributed by atoms with Gasteiger partial charge in [0.2, 0.25) is 0 Å². The van der Waals surface area contributed by atoms with Gasteiger partial charge in [-0.2, -0.15) is 11.8 Å². The highest BCUT2D eigenvalue weighted by atomic mass is 32.2. The van der Waals surface area contributed by atoms with Gasteiger partial charge >= 0.3 is 0 Å². The summed E-state index contributed by atoms with van der Waals surface area (Å²) in [5.74, 6) is 1.37. The van der Waals surface area contributed by atoms with E-state index in [-0.39, 0.29) is 5.92 Å². The number of thioether (sulfide) groups is 1. The molecule has 1 aliphatic heterocycles. The maximum absolute atomic E-state index is 14.9. The lowest BCUT2D eigenvalue weighted by molar-refractivity contribution is 0.380. The Kier molecular flexibility index (Phi) is 9.89. The molecule has 2 atom stereocenters. The summed E-state index contributed by atoms with van der Waals surface area (Å²) >= 11 is 2.14. The van der Waals surface area contributed by atoms with Crippen LogP contribution in [0.15, 0.2) is 49.1 Å². The molecule has 3 heteroatoms. The first-order chi connectivity index (χ1) is 17.1. The standard InChI is InChI=1S/C32H42F2S/c1-3-5-7-8-27-19-21-30(32(34)31(27)33)26-16-14-24(15-17-26)23-10-12-25(13-11-23)28-18-20-29(35-22-28)9-6-4-2/h4,10-13,19,21,24,26,28-29H,2-3,5-9,14-18,20,22H2,1H3/t24?,26?,28-,29?/m1/s1. The van der Waals surface area contributed by atoms with Gasteiger partial charge in [-0.3, -0.25) is 0 Å². The van der Waals surface area contributed by atoms with Crippen molar-refractivity contribution in [1.29, 1.82) is 0 Å². The molecule has 0 radical (unpaired) electrons. The SMILES string of the molecule is C=CCCC1CC[C@@H](c2ccc(C3CCC(c4ccc(CCCCC)c(F)c4F)CC3)cc2)CS1. The van der Waals surface area contributed by atoms with Crippen LogP contribution in [0.3, 0.4) is 0 Å². The fourth-order valence-electron chi connectivity index (χ4n) is 6.06. The van der Waals surface area contributed by atoms with Gasteiger partial charge in [-0.1, -0.05) is 62.2 Å². The molecule has 1 heterocycles. The summed E-state index contributed by atoms with van der Waals surface area (Å²) in [6.45, 7) is 5.98. The third-order valence-electron chi connectivity index (χ3n) is 8.35. The van der Waals surface area contributed by atoms with Crippen LogP contribution in [0.1, 0.15) is 118 Å². The Hall–Kier alpha value is -1.61. The number of rotatable bonds is 10. The van der Waals surface area contributed by atoms with Crippen molar-refractivity contribution in [2.45, 2.75) is 107 Å². The molecule has 2 aliphatic rings. The largest absolute Gasteiger partial charge is 0.203 e. The lowest BCUT2D eigenvalue weighted by Crippen LogP contribution is -2.17. The van der Waals surface area contributed by atoms with E-state index in [1.807, 2.05) is 18.2 Å². The summed E-state index contributed by atoms with van der Waals surface area (Å²) in [5, 5.41) is 0.800. The maximum atomic E-state index is 14.9. The van der Waals surface area contributed by atoms with E-state index in [4.69, 9.17) is 0 Å². The van der Waals surface area contributed by atoms with Gasteiger partial charge in [-0.05, 0) is 104 Å². The van der Waals surface area contributed by atoms with E-state index in [1.54, 1.807) is 0 Å². The Morgan fingerprint density at radius 1 is 0.829 bits per heavy atom. The molecule has 35 heavy (non-hydrogen) atoms. The predicted octanol–water partition coefficient (Wildman–Crippen LogP) is 10.1. The Balaban J connectivity index is 1.30. The van der Waals surface area contributed by atoms with E-state index in [0.29, 0.717) is 29.4 Å². The first-order valence-electron chi connectivity index (χ1n) is 13.9. The van der Waals surface area contributed by atoms with Gasteiger partial charge in [0.15, 0.2) is 11.6 Å². The zero-order valence-electron chi connectivity index (χ0n) is 21.4. The van der Waals surface area contributed by atoms with Crippen molar-refractivity contribution in [2.75, 3.05) is 5.75 Å². The molecule has 0 bridgehead atoms. The number of allylic oxidation sites excluding steroid dienone is 1. The molecular weight excluding hydrogens is 454 g/mol. The number of benzene rings is 2. The molecule has 1 saturated carbocycles. The van der Waals surface area contributed by atoms with Crippen LogP contribution < -0.4 is 0 Å². The second-order valence-corrected chi connectivity index (χ2v) is 12.0. The highest BCUT2D eigenvalue weighted by Gasteiger charge is 2.28. The van der Waals surface area contributed by atoms with Gasteiger partial charge in [-0.15, -0.1) is 6.58 Å². The topological polar surface area (TPSA) is 0 Å². The molecular formula is C32H42F2S.